The summed E-state index contributed by atoms with van der Waals surface area (Å²) in [7, 11) is -0.707. The zero-order chi connectivity index (χ0) is 14.3. The van der Waals surface area contributed by atoms with Crippen LogP contribution in [-0.4, -0.2) is 35.5 Å². The first-order valence-electron chi connectivity index (χ1n) is 7.20. The molecule has 1 aromatic rings. The van der Waals surface area contributed by atoms with Gasteiger partial charge >= 0.3 is 0 Å². The van der Waals surface area contributed by atoms with Gasteiger partial charge in [0.15, 0.2) is 0 Å². The van der Waals surface area contributed by atoms with Crippen molar-refractivity contribution >= 4 is 8.45 Å². The fraction of sp³-hybridized carbons (Fsp3) is 0.600. The van der Waals surface area contributed by atoms with Gasteiger partial charge in [-0.05, 0) is 19.1 Å². The minimum atomic E-state index is -0.707. The minimum Gasteiger partial charge on any atom is -0.444 e. The van der Waals surface area contributed by atoms with Crippen molar-refractivity contribution in [2.45, 2.75) is 34.6 Å². The van der Waals surface area contributed by atoms with Crippen molar-refractivity contribution in [3.63, 3.8) is 0 Å². The minimum absolute atomic E-state index is 0.707. The van der Waals surface area contributed by atoms with Crippen molar-refractivity contribution in [1.82, 2.24) is 9.34 Å². The predicted octanol–water partition coefficient (Wildman–Crippen LogP) is 4.28. The van der Waals surface area contributed by atoms with Crippen LogP contribution in [0.4, 0.5) is 0 Å². The molecular weight excluding hydrogens is 255 g/mol. The smallest absolute Gasteiger partial charge is 0.248 e. The maximum absolute atomic E-state index is 6.27. The third-order valence-electron chi connectivity index (χ3n) is 3.15. The summed E-state index contributed by atoms with van der Waals surface area (Å²) in [6, 6.07) is 8.34. The van der Waals surface area contributed by atoms with Gasteiger partial charge in [0.25, 0.3) is 0 Å². The number of aryl methyl sites for hydroxylation is 1. The number of hydrogen-bond donors (Lipinski definition) is 0. The molecule has 0 spiro atoms. The van der Waals surface area contributed by atoms with Gasteiger partial charge in [-0.1, -0.05) is 45.4 Å². The molecule has 0 saturated carbocycles. The molecule has 4 heteroatoms. The van der Waals surface area contributed by atoms with Crippen LogP contribution in [0.5, 0.6) is 5.75 Å². The number of benzene rings is 1. The van der Waals surface area contributed by atoms with Crippen molar-refractivity contribution in [2.24, 2.45) is 0 Å². The Morgan fingerprint density at radius 1 is 0.842 bits per heavy atom. The highest BCUT2D eigenvalue weighted by molar-refractivity contribution is 7.47. The molecule has 0 aliphatic rings. The van der Waals surface area contributed by atoms with Crippen LogP contribution >= 0.6 is 8.45 Å². The lowest BCUT2D eigenvalue weighted by molar-refractivity contribution is 0.360. The van der Waals surface area contributed by atoms with Crippen LogP contribution in [0.2, 0.25) is 0 Å². The van der Waals surface area contributed by atoms with Gasteiger partial charge in [0.2, 0.25) is 8.45 Å². The Labute approximate surface area is 119 Å². The summed E-state index contributed by atoms with van der Waals surface area (Å²) in [6.45, 7) is 15.0. The molecule has 0 heterocycles. The van der Waals surface area contributed by atoms with Gasteiger partial charge in [-0.25, -0.2) is 9.34 Å². The summed E-state index contributed by atoms with van der Waals surface area (Å²) >= 11 is 0. The monoisotopic (exact) mass is 282 g/mol. The highest BCUT2D eigenvalue weighted by Gasteiger charge is 2.24. The van der Waals surface area contributed by atoms with E-state index in [1.54, 1.807) is 0 Å². The van der Waals surface area contributed by atoms with Crippen molar-refractivity contribution in [1.29, 1.82) is 0 Å². The second kappa shape index (κ2) is 8.52. The zero-order valence-electron chi connectivity index (χ0n) is 12.9. The molecular formula is C15H27N2OP. The van der Waals surface area contributed by atoms with E-state index in [1.807, 2.05) is 0 Å². The van der Waals surface area contributed by atoms with E-state index in [9.17, 15) is 0 Å². The van der Waals surface area contributed by atoms with Gasteiger partial charge in [-0.15, -0.1) is 0 Å². The first-order chi connectivity index (χ1) is 9.15. The zero-order valence-corrected chi connectivity index (χ0v) is 13.8. The summed E-state index contributed by atoms with van der Waals surface area (Å²) in [5, 5.41) is 0. The molecule has 1 rings (SSSR count). The summed E-state index contributed by atoms with van der Waals surface area (Å²) in [4.78, 5) is 0. The normalized spacial score (nSPS) is 11.6. The van der Waals surface area contributed by atoms with Crippen LogP contribution < -0.4 is 4.52 Å². The summed E-state index contributed by atoms with van der Waals surface area (Å²) in [5.74, 6) is 0.968. The highest BCUT2D eigenvalue weighted by Crippen LogP contribution is 2.45. The third kappa shape index (κ3) is 4.76. The summed E-state index contributed by atoms with van der Waals surface area (Å²) in [5.41, 5.74) is 1.27. The quantitative estimate of drug-likeness (QED) is 0.662. The highest BCUT2D eigenvalue weighted by atomic mass is 31.2. The molecule has 0 aromatic heterocycles. The standard InChI is InChI=1S/C15H27N2OP/c1-6-16(7-2)19(17(8-3)9-4)18-15-12-10-14(5)11-13-15/h10-13H,6-9H2,1-5H3. The molecule has 0 amide bonds. The topological polar surface area (TPSA) is 15.7 Å². The molecule has 0 saturated heterocycles. The van der Waals surface area contributed by atoms with Crippen LogP contribution in [0.3, 0.4) is 0 Å². The second-order valence-electron chi connectivity index (χ2n) is 4.43. The van der Waals surface area contributed by atoms with E-state index in [1.165, 1.54) is 5.56 Å². The maximum atomic E-state index is 6.27. The largest absolute Gasteiger partial charge is 0.444 e. The molecule has 0 atom stereocenters. The lowest BCUT2D eigenvalue weighted by Crippen LogP contribution is -2.31. The van der Waals surface area contributed by atoms with Crippen molar-refractivity contribution in [3.05, 3.63) is 29.8 Å². The van der Waals surface area contributed by atoms with Gasteiger partial charge in [0.1, 0.15) is 5.75 Å². The van der Waals surface area contributed by atoms with Gasteiger partial charge in [-0.2, -0.15) is 0 Å². The maximum Gasteiger partial charge on any atom is 0.248 e. The second-order valence-corrected chi connectivity index (χ2v) is 6.25. The van der Waals surface area contributed by atoms with Crippen LogP contribution in [0.1, 0.15) is 33.3 Å². The Balaban J connectivity index is 2.86. The Bertz CT molecular complexity index is 336. The molecule has 0 aliphatic heterocycles. The van der Waals surface area contributed by atoms with Gasteiger partial charge < -0.3 is 4.52 Å². The van der Waals surface area contributed by atoms with Crippen LogP contribution in [0.15, 0.2) is 24.3 Å². The van der Waals surface area contributed by atoms with Crippen molar-refractivity contribution in [2.75, 3.05) is 26.2 Å². The molecule has 1 aromatic carbocycles. The Kier molecular flexibility index (Phi) is 7.37. The van der Waals surface area contributed by atoms with E-state index in [-0.39, 0.29) is 0 Å². The molecule has 108 valence electrons. The molecule has 0 N–H and O–H groups in total. The van der Waals surface area contributed by atoms with E-state index in [0.717, 1.165) is 31.9 Å². The first-order valence-corrected chi connectivity index (χ1v) is 8.37. The van der Waals surface area contributed by atoms with E-state index in [2.05, 4.69) is 68.2 Å². The van der Waals surface area contributed by atoms with Crippen molar-refractivity contribution in [3.8, 4) is 5.75 Å². The first kappa shape index (κ1) is 16.4. The Morgan fingerprint density at radius 3 is 1.63 bits per heavy atom. The third-order valence-corrected chi connectivity index (χ3v) is 5.63. The van der Waals surface area contributed by atoms with E-state index >= 15 is 0 Å². The molecule has 0 fully saturated rings. The van der Waals surface area contributed by atoms with Gasteiger partial charge in [0.05, 0.1) is 0 Å². The average Bonchev–Trinajstić information content (AvgIpc) is 2.43. The molecule has 0 aliphatic carbocycles. The fourth-order valence-electron chi connectivity index (χ4n) is 1.92. The number of nitrogens with zero attached hydrogens (tertiary/aromatic N) is 2. The van der Waals surface area contributed by atoms with E-state index in [0.29, 0.717) is 0 Å². The van der Waals surface area contributed by atoms with E-state index in [4.69, 9.17) is 4.52 Å². The molecule has 0 unspecified atom stereocenters. The van der Waals surface area contributed by atoms with Crippen LogP contribution in [0, 0.1) is 6.92 Å². The number of hydrogen-bond acceptors (Lipinski definition) is 3. The fourth-order valence-corrected chi connectivity index (χ4v) is 3.79. The molecule has 0 bridgehead atoms. The van der Waals surface area contributed by atoms with Crippen LogP contribution in [-0.2, 0) is 0 Å². The molecule has 3 nitrogen and oxygen atoms in total. The Morgan fingerprint density at radius 2 is 1.26 bits per heavy atom. The van der Waals surface area contributed by atoms with Gasteiger partial charge in [0, 0.05) is 26.2 Å². The lowest BCUT2D eigenvalue weighted by atomic mass is 10.2. The summed E-state index contributed by atoms with van der Waals surface area (Å²) in [6.07, 6.45) is 0. The lowest BCUT2D eigenvalue weighted by Gasteiger charge is -2.35. The van der Waals surface area contributed by atoms with Crippen molar-refractivity contribution < 1.29 is 4.52 Å². The van der Waals surface area contributed by atoms with Gasteiger partial charge in [-0.3, -0.25) is 0 Å². The summed E-state index contributed by atoms with van der Waals surface area (Å²) < 4.78 is 11.1. The van der Waals surface area contributed by atoms with E-state index < -0.39 is 8.45 Å². The molecule has 19 heavy (non-hydrogen) atoms. The number of rotatable bonds is 8. The average molecular weight is 282 g/mol. The molecule has 0 radical (unpaired) electrons. The predicted molar refractivity (Wildman–Crippen MR) is 84.6 cm³/mol. The van der Waals surface area contributed by atoms with Crippen LogP contribution in [0.25, 0.3) is 0 Å². The Hall–Kier alpha value is -0.630. The SMILES string of the molecule is CCN(CC)P(Oc1ccc(C)cc1)N(CC)CC.